The molecule has 0 bridgehead atoms. The van der Waals surface area contributed by atoms with Crippen molar-refractivity contribution in [3.05, 3.63) is 52.7 Å². The highest BCUT2D eigenvalue weighted by molar-refractivity contribution is 7.89. The summed E-state index contributed by atoms with van der Waals surface area (Å²) in [5, 5.41) is 6.58. The largest absolute Gasteiger partial charge is 0.486 e. The van der Waals surface area contributed by atoms with Crippen molar-refractivity contribution in [3.63, 3.8) is 0 Å². The van der Waals surface area contributed by atoms with Gasteiger partial charge in [0.1, 0.15) is 23.1 Å². The molecule has 202 valence electrons. The van der Waals surface area contributed by atoms with E-state index in [1.807, 2.05) is 0 Å². The Morgan fingerprint density at radius 3 is 2.45 bits per heavy atom. The third-order valence-corrected chi connectivity index (χ3v) is 9.11. The fourth-order valence-electron chi connectivity index (χ4n) is 5.10. The van der Waals surface area contributed by atoms with Crippen molar-refractivity contribution in [2.24, 2.45) is 0 Å². The summed E-state index contributed by atoms with van der Waals surface area (Å²) in [6, 6.07) is 8.66. The van der Waals surface area contributed by atoms with Crippen LogP contribution in [0, 0.1) is 6.92 Å². The van der Waals surface area contributed by atoms with E-state index in [0.29, 0.717) is 36.3 Å². The number of benzene rings is 2. The highest BCUT2D eigenvalue weighted by Crippen LogP contribution is 2.49. The number of aryl methyl sites for hydroxylation is 1. The lowest BCUT2D eigenvalue weighted by Crippen LogP contribution is -2.23. The highest BCUT2D eigenvalue weighted by atomic mass is 35.5. The first-order valence-electron chi connectivity index (χ1n) is 12.8. The molecule has 0 spiro atoms. The van der Waals surface area contributed by atoms with Gasteiger partial charge in [0.25, 0.3) is 0 Å². The number of fused-ring (bicyclic) bond motifs is 1. The molecule has 38 heavy (non-hydrogen) atoms. The molecule has 1 saturated carbocycles. The van der Waals surface area contributed by atoms with E-state index < -0.39 is 10.0 Å². The second kappa shape index (κ2) is 11.0. The van der Waals surface area contributed by atoms with Gasteiger partial charge in [0, 0.05) is 19.7 Å². The monoisotopic (exact) mass is 557 g/mol. The minimum absolute atomic E-state index is 0.114. The van der Waals surface area contributed by atoms with Gasteiger partial charge < -0.3 is 20.1 Å². The lowest BCUT2D eigenvalue weighted by Gasteiger charge is -2.30. The molecule has 0 radical (unpaired) electrons. The minimum atomic E-state index is -3.69. The number of nitrogens with zero attached hydrogens (tertiary/aromatic N) is 3. The van der Waals surface area contributed by atoms with Crippen LogP contribution >= 0.6 is 11.6 Å². The van der Waals surface area contributed by atoms with Crippen LogP contribution in [0.15, 0.2) is 41.4 Å². The number of halogens is 1. The second-order valence-corrected chi connectivity index (χ2v) is 12.3. The van der Waals surface area contributed by atoms with Gasteiger partial charge in [-0.3, -0.25) is 0 Å². The molecule has 1 aliphatic carbocycles. The molecule has 5 rings (SSSR count). The van der Waals surface area contributed by atoms with Gasteiger partial charge in [0.05, 0.1) is 17.6 Å². The molecule has 1 aromatic heterocycles. The number of sulfonamides is 1. The van der Waals surface area contributed by atoms with Crippen LogP contribution in [0.3, 0.4) is 0 Å². The van der Waals surface area contributed by atoms with E-state index in [4.69, 9.17) is 21.1 Å². The van der Waals surface area contributed by atoms with Crippen LogP contribution in [0.5, 0.6) is 11.5 Å². The predicted octanol–water partition coefficient (Wildman–Crippen LogP) is 5.99. The molecular weight excluding hydrogens is 526 g/mol. The van der Waals surface area contributed by atoms with Crippen LogP contribution in [0.4, 0.5) is 23.1 Å². The van der Waals surface area contributed by atoms with Crippen molar-refractivity contribution in [2.45, 2.75) is 49.8 Å². The Morgan fingerprint density at radius 1 is 1.00 bits per heavy atom. The van der Waals surface area contributed by atoms with Gasteiger partial charge in [-0.25, -0.2) is 17.7 Å². The molecule has 1 fully saturated rings. The van der Waals surface area contributed by atoms with E-state index in [2.05, 4.69) is 33.6 Å². The zero-order chi connectivity index (χ0) is 26.9. The number of rotatable bonds is 7. The molecule has 0 saturated heterocycles. The molecule has 2 heterocycles. The van der Waals surface area contributed by atoms with Crippen molar-refractivity contribution in [3.8, 4) is 11.5 Å². The topological polar surface area (TPSA) is 106 Å². The van der Waals surface area contributed by atoms with Crippen LogP contribution in [0.2, 0.25) is 5.02 Å². The Morgan fingerprint density at radius 2 is 1.71 bits per heavy atom. The smallest absolute Gasteiger partial charge is 0.244 e. The second-order valence-electron chi connectivity index (χ2n) is 9.77. The summed E-state index contributed by atoms with van der Waals surface area (Å²) in [5.41, 5.74) is 3.44. The van der Waals surface area contributed by atoms with E-state index in [1.54, 1.807) is 18.2 Å². The Labute approximate surface area is 228 Å². The lowest BCUT2D eigenvalue weighted by molar-refractivity contribution is 0.169. The Kier molecular flexibility index (Phi) is 7.65. The molecule has 0 unspecified atom stereocenters. The van der Waals surface area contributed by atoms with Crippen molar-refractivity contribution in [1.29, 1.82) is 0 Å². The van der Waals surface area contributed by atoms with E-state index in [0.717, 1.165) is 28.5 Å². The van der Waals surface area contributed by atoms with Gasteiger partial charge in [-0.2, -0.15) is 4.98 Å². The summed E-state index contributed by atoms with van der Waals surface area (Å²) in [6.45, 7) is 3.07. The molecule has 2 aliphatic rings. The van der Waals surface area contributed by atoms with Crippen LogP contribution in [0.1, 0.15) is 49.1 Å². The molecule has 0 atom stereocenters. The van der Waals surface area contributed by atoms with Crippen LogP contribution < -0.4 is 20.1 Å². The lowest BCUT2D eigenvalue weighted by atomic mass is 9.81. The molecular formula is C27H32ClN5O4S. The molecule has 3 aromatic rings. The fourth-order valence-corrected chi connectivity index (χ4v) is 6.28. The van der Waals surface area contributed by atoms with Crippen molar-refractivity contribution in [2.75, 3.05) is 37.9 Å². The Hall–Kier alpha value is -3.08. The zero-order valence-corrected chi connectivity index (χ0v) is 23.3. The average molecular weight is 558 g/mol. The number of aromatic nitrogens is 2. The van der Waals surface area contributed by atoms with Gasteiger partial charge >= 0.3 is 0 Å². The van der Waals surface area contributed by atoms with E-state index in [1.165, 1.54) is 51.2 Å². The summed E-state index contributed by atoms with van der Waals surface area (Å²) in [6.07, 6.45) is 7.52. The van der Waals surface area contributed by atoms with Crippen molar-refractivity contribution in [1.82, 2.24) is 14.3 Å². The third-order valence-electron chi connectivity index (χ3n) is 6.96. The maximum atomic E-state index is 12.8. The maximum Gasteiger partial charge on any atom is 0.244 e. The SMILES string of the molecule is Cc1cc(Nc2ncc(Cl)c(Nc3ccccc3S(=O)(=O)N(C)C)n2)c2c(c1C1CCCCC1)OCCO2. The standard InChI is InChI=1S/C27H32ClN5O4S/c1-17-15-21(24-25(37-14-13-36-24)23(17)18-9-5-4-6-10-18)31-27-29-16-19(28)26(32-27)30-20-11-7-8-12-22(20)38(34,35)33(2)3/h7-8,11-12,15-16,18H,4-6,9-10,13-14H2,1-3H3,(H2,29,30,31,32). The molecule has 0 amide bonds. The number of hydrogen-bond donors (Lipinski definition) is 2. The zero-order valence-electron chi connectivity index (χ0n) is 21.8. The van der Waals surface area contributed by atoms with Gasteiger partial charge in [-0.05, 0) is 49.4 Å². The van der Waals surface area contributed by atoms with Crippen LogP contribution in [-0.2, 0) is 10.0 Å². The molecule has 2 aromatic carbocycles. The summed E-state index contributed by atoms with van der Waals surface area (Å²) in [4.78, 5) is 9.01. The predicted molar refractivity (Wildman–Crippen MR) is 149 cm³/mol. The van der Waals surface area contributed by atoms with Gasteiger partial charge in [-0.15, -0.1) is 0 Å². The number of ether oxygens (including phenoxy) is 2. The Bertz CT molecular complexity index is 1440. The Balaban J connectivity index is 1.47. The molecule has 11 heteroatoms. The summed E-state index contributed by atoms with van der Waals surface area (Å²) >= 11 is 6.41. The van der Waals surface area contributed by atoms with Crippen LogP contribution in [0.25, 0.3) is 0 Å². The van der Waals surface area contributed by atoms with Crippen molar-refractivity contribution < 1.29 is 17.9 Å². The normalized spacial score (nSPS) is 15.9. The summed E-state index contributed by atoms with van der Waals surface area (Å²) < 4.78 is 39.1. The molecule has 1 aliphatic heterocycles. The third kappa shape index (κ3) is 5.25. The first kappa shape index (κ1) is 26.5. The van der Waals surface area contributed by atoms with Crippen LogP contribution in [-0.4, -0.2) is 50.0 Å². The quantitative estimate of drug-likeness (QED) is 0.364. The average Bonchev–Trinajstić information content (AvgIpc) is 2.91. The fraction of sp³-hybridized carbons (Fsp3) is 0.407. The van der Waals surface area contributed by atoms with Gasteiger partial charge in [0.15, 0.2) is 17.3 Å². The number of para-hydroxylation sites is 1. The number of anilines is 4. The van der Waals surface area contributed by atoms with E-state index in [9.17, 15) is 8.42 Å². The summed E-state index contributed by atoms with van der Waals surface area (Å²) in [7, 11) is -0.718. The summed E-state index contributed by atoms with van der Waals surface area (Å²) in [5.74, 6) is 2.49. The highest BCUT2D eigenvalue weighted by Gasteiger charge is 2.29. The maximum absolute atomic E-state index is 12.8. The molecule has 2 N–H and O–H groups in total. The van der Waals surface area contributed by atoms with Crippen molar-refractivity contribution >= 4 is 44.8 Å². The first-order valence-corrected chi connectivity index (χ1v) is 14.6. The van der Waals surface area contributed by atoms with E-state index >= 15 is 0 Å². The van der Waals surface area contributed by atoms with E-state index in [-0.39, 0.29) is 21.7 Å². The van der Waals surface area contributed by atoms with Gasteiger partial charge in [-0.1, -0.05) is 43.0 Å². The van der Waals surface area contributed by atoms with Gasteiger partial charge in [0.2, 0.25) is 16.0 Å². The molecule has 9 nitrogen and oxygen atoms in total. The first-order chi connectivity index (χ1) is 18.3. The minimum Gasteiger partial charge on any atom is -0.486 e. The number of nitrogens with one attached hydrogen (secondary N) is 2. The number of hydrogen-bond acceptors (Lipinski definition) is 8.